The number of nitrogen functional groups attached to an aromatic ring is 1. The van der Waals surface area contributed by atoms with Gasteiger partial charge in [-0.3, -0.25) is 0 Å². The molecule has 0 saturated carbocycles. The average Bonchev–Trinajstić information content (AvgIpc) is 2.30. The largest absolute Gasteiger partial charge is 0.380 e. The van der Waals surface area contributed by atoms with Crippen LogP contribution in [-0.2, 0) is 4.74 Å². The molecular weight excluding hydrogens is 230 g/mol. The number of hydrogen-bond donors (Lipinski definition) is 3. The number of nitrogens with two attached hydrogens (primary N) is 1. The van der Waals surface area contributed by atoms with Crippen LogP contribution in [0, 0.1) is 11.6 Å². The highest BCUT2D eigenvalue weighted by Crippen LogP contribution is 2.18. The Balaban J connectivity index is 2.76. The molecule has 0 aromatic carbocycles. The summed E-state index contributed by atoms with van der Waals surface area (Å²) < 4.78 is 31.6. The molecule has 1 aromatic heterocycles. The molecular formula is C10H16F2N4O. The van der Waals surface area contributed by atoms with Crippen molar-refractivity contribution < 1.29 is 13.5 Å². The molecule has 0 saturated heterocycles. The van der Waals surface area contributed by atoms with Crippen molar-refractivity contribution in [1.29, 1.82) is 0 Å². The van der Waals surface area contributed by atoms with Gasteiger partial charge in [-0.15, -0.1) is 0 Å². The third-order valence-corrected chi connectivity index (χ3v) is 2.02. The van der Waals surface area contributed by atoms with Crippen molar-refractivity contribution in [3.05, 3.63) is 17.7 Å². The Kier molecular flexibility index (Phi) is 5.05. The van der Waals surface area contributed by atoms with E-state index >= 15 is 0 Å². The SMILES string of the molecule is CCOCC(C)Nc1nc(NN)c(F)cc1F. The van der Waals surface area contributed by atoms with E-state index in [0.717, 1.165) is 6.07 Å². The molecule has 1 rings (SSSR count). The van der Waals surface area contributed by atoms with Crippen LogP contribution >= 0.6 is 0 Å². The first-order valence-corrected chi connectivity index (χ1v) is 5.25. The number of rotatable bonds is 6. The topological polar surface area (TPSA) is 72.2 Å². The number of halogens is 2. The van der Waals surface area contributed by atoms with E-state index in [1.165, 1.54) is 0 Å². The molecule has 96 valence electrons. The second kappa shape index (κ2) is 6.31. The van der Waals surface area contributed by atoms with Crippen molar-refractivity contribution in [3.8, 4) is 0 Å². The Labute approximate surface area is 98.3 Å². The van der Waals surface area contributed by atoms with Crippen LogP contribution in [0.25, 0.3) is 0 Å². The molecule has 4 N–H and O–H groups in total. The van der Waals surface area contributed by atoms with Crippen LogP contribution in [0.4, 0.5) is 20.4 Å². The Bertz CT molecular complexity index is 376. The number of nitrogens with zero attached hydrogens (tertiary/aromatic N) is 1. The third-order valence-electron chi connectivity index (χ3n) is 2.02. The van der Waals surface area contributed by atoms with Gasteiger partial charge in [0.15, 0.2) is 23.3 Å². The van der Waals surface area contributed by atoms with Gasteiger partial charge in [0.25, 0.3) is 0 Å². The summed E-state index contributed by atoms with van der Waals surface area (Å²) in [6.07, 6.45) is 0. The van der Waals surface area contributed by atoms with Crippen LogP contribution in [0.3, 0.4) is 0 Å². The lowest BCUT2D eigenvalue weighted by Crippen LogP contribution is -2.23. The monoisotopic (exact) mass is 246 g/mol. The first-order chi connectivity index (χ1) is 8.08. The van der Waals surface area contributed by atoms with E-state index in [0.29, 0.717) is 13.2 Å². The standard InChI is InChI=1S/C10H16F2N4O/c1-3-17-5-6(2)14-9-7(11)4-8(12)10(15-9)16-13/h4,6H,3,5,13H2,1-2H3,(H2,14,15,16). The maximum atomic E-state index is 13.4. The minimum Gasteiger partial charge on any atom is -0.380 e. The Hall–Kier alpha value is -1.47. The highest BCUT2D eigenvalue weighted by atomic mass is 19.1. The van der Waals surface area contributed by atoms with Crippen molar-refractivity contribution in [2.24, 2.45) is 5.84 Å². The summed E-state index contributed by atoms with van der Waals surface area (Å²) >= 11 is 0. The van der Waals surface area contributed by atoms with Gasteiger partial charge in [0.1, 0.15) is 0 Å². The molecule has 1 heterocycles. The average molecular weight is 246 g/mol. The second-order valence-corrected chi connectivity index (χ2v) is 3.50. The highest BCUT2D eigenvalue weighted by molar-refractivity contribution is 5.47. The zero-order valence-electron chi connectivity index (χ0n) is 9.76. The zero-order chi connectivity index (χ0) is 12.8. The lowest BCUT2D eigenvalue weighted by atomic mass is 10.3. The van der Waals surface area contributed by atoms with Crippen molar-refractivity contribution >= 4 is 11.6 Å². The van der Waals surface area contributed by atoms with E-state index in [2.05, 4.69) is 15.7 Å². The van der Waals surface area contributed by atoms with Gasteiger partial charge in [0.2, 0.25) is 0 Å². The van der Waals surface area contributed by atoms with Crippen LogP contribution in [0.15, 0.2) is 6.07 Å². The van der Waals surface area contributed by atoms with Gasteiger partial charge in [0.05, 0.1) is 6.61 Å². The molecule has 0 aliphatic carbocycles. The minimum absolute atomic E-state index is 0.0634. The summed E-state index contributed by atoms with van der Waals surface area (Å²) in [7, 11) is 0. The molecule has 5 nitrogen and oxygen atoms in total. The van der Waals surface area contributed by atoms with E-state index < -0.39 is 11.6 Å². The second-order valence-electron chi connectivity index (χ2n) is 3.50. The molecule has 0 fully saturated rings. The van der Waals surface area contributed by atoms with Gasteiger partial charge in [-0.05, 0) is 13.8 Å². The van der Waals surface area contributed by atoms with Gasteiger partial charge in [-0.25, -0.2) is 19.6 Å². The number of ether oxygens (including phenoxy) is 1. The van der Waals surface area contributed by atoms with Gasteiger partial charge in [-0.2, -0.15) is 0 Å². The molecule has 1 aromatic rings. The summed E-state index contributed by atoms with van der Waals surface area (Å²) in [5.41, 5.74) is 2.06. The molecule has 0 spiro atoms. The molecule has 0 amide bonds. The van der Waals surface area contributed by atoms with Gasteiger partial charge in [-0.1, -0.05) is 0 Å². The maximum absolute atomic E-state index is 13.4. The highest BCUT2D eigenvalue weighted by Gasteiger charge is 2.13. The summed E-state index contributed by atoms with van der Waals surface area (Å²) in [4.78, 5) is 3.69. The van der Waals surface area contributed by atoms with E-state index in [9.17, 15) is 8.78 Å². The molecule has 1 atom stereocenters. The van der Waals surface area contributed by atoms with Crippen molar-refractivity contribution in [1.82, 2.24) is 4.98 Å². The third kappa shape index (κ3) is 3.79. The van der Waals surface area contributed by atoms with Gasteiger partial charge >= 0.3 is 0 Å². The first-order valence-electron chi connectivity index (χ1n) is 5.25. The summed E-state index contributed by atoms with van der Waals surface area (Å²) in [5, 5.41) is 2.77. The van der Waals surface area contributed by atoms with Crippen molar-refractivity contribution in [3.63, 3.8) is 0 Å². The number of hydrogen-bond acceptors (Lipinski definition) is 5. The smallest absolute Gasteiger partial charge is 0.178 e. The number of aromatic nitrogens is 1. The molecule has 0 bridgehead atoms. The minimum atomic E-state index is -0.840. The number of hydrazine groups is 1. The van der Waals surface area contributed by atoms with E-state index in [-0.39, 0.29) is 17.7 Å². The van der Waals surface area contributed by atoms with Crippen LogP contribution in [0.5, 0.6) is 0 Å². The lowest BCUT2D eigenvalue weighted by Gasteiger charge is -2.15. The van der Waals surface area contributed by atoms with Crippen molar-refractivity contribution in [2.75, 3.05) is 24.0 Å². The Morgan fingerprint density at radius 1 is 1.41 bits per heavy atom. The fraction of sp³-hybridized carbons (Fsp3) is 0.500. The molecule has 1 unspecified atom stereocenters. The molecule has 17 heavy (non-hydrogen) atoms. The predicted octanol–water partition coefficient (Wildman–Crippen LogP) is 1.48. The fourth-order valence-corrected chi connectivity index (χ4v) is 1.24. The quantitative estimate of drug-likeness (QED) is 0.524. The summed E-state index contributed by atoms with van der Waals surface area (Å²) in [6, 6.07) is 0.575. The summed E-state index contributed by atoms with van der Waals surface area (Å²) in [5.74, 6) is 3.17. The number of nitrogens with one attached hydrogen (secondary N) is 2. The Morgan fingerprint density at radius 3 is 2.65 bits per heavy atom. The van der Waals surface area contributed by atoms with Crippen LogP contribution in [0.1, 0.15) is 13.8 Å². The number of anilines is 2. The van der Waals surface area contributed by atoms with Gasteiger partial charge in [0, 0.05) is 18.7 Å². The molecule has 7 heteroatoms. The van der Waals surface area contributed by atoms with E-state index in [4.69, 9.17) is 10.6 Å². The molecule has 0 aliphatic heterocycles. The van der Waals surface area contributed by atoms with Crippen LogP contribution in [0.2, 0.25) is 0 Å². The van der Waals surface area contributed by atoms with Gasteiger partial charge < -0.3 is 15.5 Å². The fourth-order valence-electron chi connectivity index (χ4n) is 1.24. The molecule has 0 radical (unpaired) electrons. The van der Waals surface area contributed by atoms with Crippen LogP contribution < -0.4 is 16.6 Å². The lowest BCUT2D eigenvalue weighted by molar-refractivity contribution is 0.141. The Morgan fingerprint density at radius 2 is 2.06 bits per heavy atom. The maximum Gasteiger partial charge on any atom is 0.178 e. The molecule has 0 aliphatic rings. The normalized spacial score (nSPS) is 12.3. The van der Waals surface area contributed by atoms with E-state index in [1.807, 2.05) is 6.92 Å². The van der Waals surface area contributed by atoms with Crippen LogP contribution in [-0.4, -0.2) is 24.2 Å². The predicted molar refractivity (Wildman–Crippen MR) is 61.5 cm³/mol. The number of pyridine rings is 1. The van der Waals surface area contributed by atoms with E-state index in [1.54, 1.807) is 6.92 Å². The summed E-state index contributed by atoms with van der Waals surface area (Å²) in [6.45, 7) is 4.64. The first kappa shape index (κ1) is 13.6. The zero-order valence-corrected chi connectivity index (χ0v) is 9.76. The van der Waals surface area contributed by atoms with Crippen molar-refractivity contribution in [2.45, 2.75) is 19.9 Å².